The van der Waals surface area contributed by atoms with E-state index in [2.05, 4.69) is 30.5 Å². The number of rotatable bonds is 9. The zero-order valence-corrected chi connectivity index (χ0v) is 20.7. The molecule has 13 heteroatoms. The summed E-state index contributed by atoms with van der Waals surface area (Å²) in [5.41, 5.74) is 1.60. The third kappa shape index (κ3) is 6.65. The molecule has 0 atom stereocenters. The Morgan fingerprint density at radius 3 is 2.67 bits per heavy atom. The number of pyridine rings is 1. The summed E-state index contributed by atoms with van der Waals surface area (Å²) in [5, 5.41) is 15.5. The number of benzene rings is 1. The molecule has 0 unspecified atom stereocenters. The molecule has 0 radical (unpaired) electrons. The lowest BCUT2D eigenvalue weighted by Crippen LogP contribution is -2.41. The molecule has 10 nitrogen and oxygen atoms in total. The van der Waals surface area contributed by atoms with Crippen molar-refractivity contribution in [3.8, 4) is 11.1 Å². The van der Waals surface area contributed by atoms with Crippen LogP contribution in [0.3, 0.4) is 0 Å². The van der Waals surface area contributed by atoms with Gasteiger partial charge < -0.3 is 20.6 Å². The summed E-state index contributed by atoms with van der Waals surface area (Å²) in [5.74, 6) is -0.621. The molecule has 36 heavy (non-hydrogen) atoms. The molecular weight excluding hydrogens is 511 g/mol. The van der Waals surface area contributed by atoms with E-state index in [-0.39, 0.29) is 28.0 Å². The number of nitrogens with zero attached hydrogens (tertiary/aromatic N) is 4. The molecule has 190 valence electrons. The molecule has 3 N–H and O–H groups in total. The van der Waals surface area contributed by atoms with Gasteiger partial charge in [0.2, 0.25) is 5.95 Å². The predicted octanol–water partition coefficient (Wildman–Crippen LogP) is 3.31. The van der Waals surface area contributed by atoms with E-state index in [0.29, 0.717) is 42.3 Å². The van der Waals surface area contributed by atoms with E-state index in [1.54, 1.807) is 6.20 Å². The molecule has 3 aromatic rings. The molecular formula is C23H24ClFN6O4S. The first-order valence-corrected chi connectivity index (χ1v) is 13.3. The fourth-order valence-electron chi connectivity index (χ4n) is 3.68. The van der Waals surface area contributed by atoms with E-state index >= 15 is 0 Å². The van der Waals surface area contributed by atoms with Crippen molar-refractivity contribution in [1.82, 2.24) is 19.9 Å². The average molecular weight is 535 g/mol. The van der Waals surface area contributed by atoms with Crippen molar-refractivity contribution in [2.45, 2.75) is 6.42 Å². The van der Waals surface area contributed by atoms with Crippen molar-refractivity contribution in [2.24, 2.45) is 0 Å². The van der Waals surface area contributed by atoms with Crippen molar-refractivity contribution >= 4 is 44.9 Å². The number of halogens is 2. The van der Waals surface area contributed by atoms with Crippen molar-refractivity contribution in [2.75, 3.05) is 48.3 Å². The van der Waals surface area contributed by atoms with Crippen molar-refractivity contribution in [3.05, 3.63) is 59.3 Å². The fraction of sp³-hybridized carbons (Fsp3) is 0.304. The molecule has 0 bridgehead atoms. The smallest absolute Gasteiger partial charge is 0.337 e. The summed E-state index contributed by atoms with van der Waals surface area (Å²) in [4.78, 5) is 26.4. The Hall–Kier alpha value is -3.35. The zero-order chi connectivity index (χ0) is 25.7. The first kappa shape index (κ1) is 25.7. The summed E-state index contributed by atoms with van der Waals surface area (Å²) in [7, 11) is -2.93. The number of aromatic nitrogens is 3. The van der Waals surface area contributed by atoms with Crippen LogP contribution in [0.5, 0.6) is 0 Å². The third-order valence-electron chi connectivity index (χ3n) is 5.64. The molecule has 4 rings (SSSR count). The lowest BCUT2D eigenvalue weighted by Gasteiger charge is -2.26. The van der Waals surface area contributed by atoms with Gasteiger partial charge in [0.15, 0.2) is 9.84 Å². The lowest BCUT2D eigenvalue weighted by atomic mass is 10.1. The number of carboxylic acid groups (broad SMARTS) is 1. The van der Waals surface area contributed by atoms with Gasteiger partial charge >= 0.3 is 5.97 Å². The lowest BCUT2D eigenvalue weighted by molar-refractivity contribution is 0.0696. The van der Waals surface area contributed by atoms with Crippen LogP contribution in [0, 0.1) is 5.82 Å². The first-order valence-electron chi connectivity index (χ1n) is 11.1. The van der Waals surface area contributed by atoms with Gasteiger partial charge in [-0.15, -0.1) is 0 Å². The van der Waals surface area contributed by atoms with Gasteiger partial charge in [0.25, 0.3) is 0 Å². The van der Waals surface area contributed by atoms with E-state index in [9.17, 15) is 22.7 Å². The van der Waals surface area contributed by atoms with Crippen LogP contribution in [0.15, 0.2) is 42.9 Å². The van der Waals surface area contributed by atoms with Gasteiger partial charge in [0, 0.05) is 55.0 Å². The van der Waals surface area contributed by atoms with Crippen molar-refractivity contribution in [3.63, 3.8) is 0 Å². The molecule has 3 heterocycles. The van der Waals surface area contributed by atoms with Crippen LogP contribution in [0.2, 0.25) is 5.02 Å². The highest BCUT2D eigenvalue weighted by atomic mass is 35.5. The largest absolute Gasteiger partial charge is 0.478 e. The van der Waals surface area contributed by atoms with Gasteiger partial charge in [0.1, 0.15) is 11.6 Å². The Kier molecular flexibility index (Phi) is 7.97. The monoisotopic (exact) mass is 534 g/mol. The maximum absolute atomic E-state index is 13.5. The number of hydrogen-bond acceptors (Lipinski definition) is 9. The summed E-state index contributed by atoms with van der Waals surface area (Å²) >= 11 is 5.86. The molecule has 1 aliphatic heterocycles. The minimum Gasteiger partial charge on any atom is -0.478 e. The van der Waals surface area contributed by atoms with Crippen LogP contribution < -0.4 is 10.6 Å². The number of aromatic carboxylic acids is 1. The standard InChI is InChI=1S/C23H24ClFN6O4S/c24-19-11-17(2-3-20(19)25)29-23-28-14-18(15-10-16(22(32)33)13-26-12-15)21(30-23)27-4-1-5-31-6-8-36(34,35)9-7-31/h2-3,10-14H,1,4-9H2,(H,32,33)(H2,27,28,29,30). The molecule has 0 saturated carbocycles. The summed E-state index contributed by atoms with van der Waals surface area (Å²) in [6.07, 6.45) is 5.05. The molecule has 1 fully saturated rings. The highest BCUT2D eigenvalue weighted by molar-refractivity contribution is 7.91. The predicted molar refractivity (Wildman–Crippen MR) is 135 cm³/mol. The van der Waals surface area contributed by atoms with Gasteiger partial charge in [-0.3, -0.25) is 4.98 Å². The number of hydrogen-bond donors (Lipinski definition) is 3. The Labute approximate surface area is 212 Å². The van der Waals surface area contributed by atoms with Crippen LogP contribution in [-0.4, -0.2) is 77.0 Å². The third-order valence-corrected chi connectivity index (χ3v) is 7.54. The van der Waals surface area contributed by atoms with E-state index in [1.807, 2.05) is 0 Å². The Morgan fingerprint density at radius 2 is 1.94 bits per heavy atom. The maximum atomic E-state index is 13.5. The topological polar surface area (TPSA) is 137 Å². The second-order valence-electron chi connectivity index (χ2n) is 8.25. The zero-order valence-electron chi connectivity index (χ0n) is 19.1. The molecule has 1 aromatic carbocycles. The first-order chi connectivity index (χ1) is 17.2. The minimum absolute atomic E-state index is 0.0293. The average Bonchev–Trinajstić information content (AvgIpc) is 2.85. The van der Waals surface area contributed by atoms with Crippen LogP contribution in [0.25, 0.3) is 11.1 Å². The van der Waals surface area contributed by atoms with Gasteiger partial charge in [0.05, 0.1) is 22.1 Å². The minimum atomic E-state index is -2.93. The van der Waals surface area contributed by atoms with Crippen molar-refractivity contribution in [1.29, 1.82) is 0 Å². The Balaban J connectivity index is 1.51. The van der Waals surface area contributed by atoms with Crippen LogP contribution in [0.1, 0.15) is 16.8 Å². The molecule has 1 aliphatic rings. The van der Waals surface area contributed by atoms with Crippen LogP contribution in [-0.2, 0) is 9.84 Å². The summed E-state index contributed by atoms with van der Waals surface area (Å²) < 4.78 is 36.7. The summed E-state index contributed by atoms with van der Waals surface area (Å²) in [6.45, 7) is 2.28. The Bertz CT molecular complexity index is 1360. The highest BCUT2D eigenvalue weighted by Crippen LogP contribution is 2.28. The van der Waals surface area contributed by atoms with Crippen LogP contribution in [0.4, 0.5) is 21.8 Å². The molecule has 2 aromatic heterocycles. The normalized spacial score (nSPS) is 15.4. The van der Waals surface area contributed by atoms with Gasteiger partial charge in [-0.25, -0.2) is 22.6 Å². The number of anilines is 3. The maximum Gasteiger partial charge on any atom is 0.337 e. The van der Waals surface area contributed by atoms with Crippen LogP contribution >= 0.6 is 11.6 Å². The molecule has 1 saturated heterocycles. The number of nitrogens with one attached hydrogen (secondary N) is 2. The molecule has 0 aliphatic carbocycles. The van der Waals surface area contributed by atoms with Gasteiger partial charge in [-0.2, -0.15) is 4.98 Å². The molecule has 0 spiro atoms. The Morgan fingerprint density at radius 1 is 1.17 bits per heavy atom. The molecule has 0 amide bonds. The van der Waals surface area contributed by atoms with E-state index in [4.69, 9.17) is 11.6 Å². The number of carboxylic acids is 1. The quantitative estimate of drug-likeness (QED) is 0.350. The second kappa shape index (κ2) is 11.1. The second-order valence-corrected chi connectivity index (χ2v) is 11.0. The van der Waals surface area contributed by atoms with Gasteiger partial charge in [-0.05, 0) is 37.2 Å². The van der Waals surface area contributed by atoms with Gasteiger partial charge in [-0.1, -0.05) is 11.6 Å². The van der Waals surface area contributed by atoms with E-state index in [0.717, 1.165) is 13.0 Å². The highest BCUT2D eigenvalue weighted by Gasteiger charge is 2.21. The fourth-order valence-corrected chi connectivity index (χ4v) is 5.14. The van der Waals surface area contributed by atoms with E-state index < -0.39 is 21.6 Å². The number of carbonyl (C=O) groups is 1. The van der Waals surface area contributed by atoms with Crippen molar-refractivity contribution < 1.29 is 22.7 Å². The summed E-state index contributed by atoms with van der Waals surface area (Å²) in [6, 6.07) is 5.64. The number of sulfone groups is 1. The van der Waals surface area contributed by atoms with E-state index in [1.165, 1.54) is 36.7 Å². The SMILES string of the molecule is O=C(O)c1cncc(-c2cnc(Nc3ccc(F)c(Cl)c3)nc2NCCCN2CCS(=O)(=O)CC2)c1.